The summed E-state index contributed by atoms with van der Waals surface area (Å²) in [7, 11) is 0. The molecule has 2 atom stereocenters. The summed E-state index contributed by atoms with van der Waals surface area (Å²) in [6.07, 6.45) is 1.48. The Morgan fingerprint density at radius 3 is 2.12 bits per heavy atom. The molecule has 1 aromatic carbocycles. The van der Waals surface area contributed by atoms with Crippen LogP contribution in [0.5, 0.6) is 0 Å². The van der Waals surface area contributed by atoms with Crippen LogP contribution in [0.2, 0.25) is 5.02 Å². The van der Waals surface area contributed by atoms with Gasteiger partial charge in [0.25, 0.3) is 0 Å². The Labute approximate surface area is 159 Å². The fraction of sp³-hybridized carbons (Fsp3) is 0.476. The molecule has 4 nitrogen and oxygen atoms in total. The van der Waals surface area contributed by atoms with E-state index in [-0.39, 0.29) is 11.6 Å². The van der Waals surface area contributed by atoms with Gasteiger partial charge in [-0.1, -0.05) is 70.4 Å². The quantitative estimate of drug-likeness (QED) is 0.722. The topological polar surface area (TPSA) is 55.7 Å². The molecule has 1 aromatic rings. The van der Waals surface area contributed by atoms with Crippen LogP contribution in [0.15, 0.2) is 41.1 Å². The lowest BCUT2D eigenvalue weighted by atomic mass is 9.58. The zero-order valence-electron chi connectivity index (χ0n) is 16.0. The predicted molar refractivity (Wildman–Crippen MR) is 102 cm³/mol. The zero-order chi connectivity index (χ0) is 19.5. The van der Waals surface area contributed by atoms with E-state index in [1.165, 1.54) is 6.08 Å². The summed E-state index contributed by atoms with van der Waals surface area (Å²) in [4.78, 5) is 32.6. The average Bonchev–Trinajstić information content (AvgIpc) is 2.93. The summed E-state index contributed by atoms with van der Waals surface area (Å²) in [5.74, 6) is -1.06. The van der Waals surface area contributed by atoms with E-state index < -0.39 is 22.3 Å². The molecule has 2 aliphatic rings. The van der Waals surface area contributed by atoms with Crippen LogP contribution < -0.4 is 0 Å². The van der Waals surface area contributed by atoms with Gasteiger partial charge in [0, 0.05) is 21.6 Å². The van der Waals surface area contributed by atoms with Crippen LogP contribution in [0.25, 0.3) is 0 Å². The number of Topliss-reactive ketones (excluding diaryl/α,β-unsaturated/α-hetero) is 1. The zero-order valence-corrected chi connectivity index (χ0v) is 16.8. The third-order valence-electron chi connectivity index (χ3n) is 5.18. The van der Waals surface area contributed by atoms with Gasteiger partial charge in [-0.05, 0) is 23.6 Å². The van der Waals surface area contributed by atoms with Gasteiger partial charge in [0.15, 0.2) is 5.78 Å². The van der Waals surface area contributed by atoms with Crippen LogP contribution in [0.3, 0.4) is 0 Å². The van der Waals surface area contributed by atoms with Gasteiger partial charge in [0.1, 0.15) is 11.6 Å². The average molecular weight is 374 g/mol. The van der Waals surface area contributed by atoms with Crippen LogP contribution in [0, 0.1) is 16.7 Å². The number of benzene rings is 1. The Balaban J connectivity index is 2.20. The Morgan fingerprint density at radius 1 is 1.04 bits per heavy atom. The van der Waals surface area contributed by atoms with Gasteiger partial charge in [0.2, 0.25) is 11.4 Å². The van der Waals surface area contributed by atoms with Crippen molar-refractivity contribution in [2.75, 3.05) is 0 Å². The molecule has 1 aliphatic heterocycles. The molecule has 0 spiro atoms. The van der Waals surface area contributed by atoms with E-state index in [0.29, 0.717) is 16.3 Å². The minimum Gasteiger partial charge on any atom is -0.379 e. The molecule has 1 heterocycles. The van der Waals surface area contributed by atoms with Crippen molar-refractivity contribution in [2.45, 2.75) is 47.1 Å². The Hall–Kier alpha value is -1.94. The monoisotopic (exact) mass is 373 g/mol. The van der Waals surface area contributed by atoms with E-state index in [9.17, 15) is 9.59 Å². The van der Waals surface area contributed by atoms with Gasteiger partial charge >= 0.3 is 0 Å². The number of halogens is 1. The first kappa shape index (κ1) is 18.8. The lowest BCUT2D eigenvalue weighted by molar-refractivity contribution is -0.166. The minimum absolute atomic E-state index is 0.143. The highest BCUT2D eigenvalue weighted by Gasteiger charge is 2.66. The molecule has 5 heteroatoms. The van der Waals surface area contributed by atoms with Crippen LogP contribution in [0.4, 0.5) is 0 Å². The smallest absolute Gasteiger partial charge is 0.219 e. The van der Waals surface area contributed by atoms with Gasteiger partial charge in [-0.15, -0.1) is 0 Å². The fourth-order valence-corrected chi connectivity index (χ4v) is 3.85. The molecule has 0 saturated heterocycles. The standard InChI is InChI=1S/C21H24ClNO3/c1-19(2,3)14-11-15(24)16-17(12-7-9-13(22)10-8-12)23-26-21(16,18(14)25)20(4,5)6/h7-11,16H,1-6H3. The summed E-state index contributed by atoms with van der Waals surface area (Å²) in [6, 6.07) is 7.07. The molecule has 0 bridgehead atoms. The van der Waals surface area contributed by atoms with E-state index in [1.807, 2.05) is 41.5 Å². The van der Waals surface area contributed by atoms with Gasteiger partial charge < -0.3 is 4.84 Å². The van der Waals surface area contributed by atoms with Gasteiger partial charge in [-0.3, -0.25) is 9.59 Å². The number of hydrogen-bond donors (Lipinski definition) is 0. The number of hydrogen-bond acceptors (Lipinski definition) is 4. The van der Waals surface area contributed by atoms with Crippen molar-refractivity contribution in [1.29, 1.82) is 0 Å². The van der Waals surface area contributed by atoms with Gasteiger partial charge in [0.05, 0.1) is 0 Å². The summed E-state index contributed by atoms with van der Waals surface area (Å²) in [5, 5.41) is 4.83. The molecular weight excluding hydrogens is 350 g/mol. The molecule has 0 fully saturated rings. The van der Waals surface area contributed by atoms with Crippen LogP contribution in [-0.2, 0) is 14.4 Å². The van der Waals surface area contributed by atoms with E-state index in [0.717, 1.165) is 5.56 Å². The normalized spacial score (nSPS) is 26.2. The number of fused-ring (bicyclic) bond motifs is 1. The van der Waals surface area contributed by atoms with Crippen molar-refractivity contribution in [2.24, 2.45) is 21.9 Å². The molecular formula is C21H24ClNO3. The molecule has 3 rings (SSSR count). The maximum absolute atomic E-state index is 13.6. The Kier molecular flexibility index (Phi) is 4.19. The van der Waals surface area contributed by atoms with Gasteiger partial charge in [-0.25, -0.2) is 0 Å². The molecule has 0 N–H and O–H groups in total. The van der Waals surface area contributed by atoms with Crippen LogP contribution in [-0.4, -0.2) is 22.9 Å². The maximum atomic E-state index is 13.6. The predicted octanol–water partition coefficient (Wildman–Crippen LogP) is 4.60. The summed E-state index contributed by atoms with van der Waals surface area (Å²) in [6.45, 7) is 11.5. The number of carbonyl (C=O) groups excluding carboxylic acids is 2. The maximum Gasteiger partial charge on any atom is 0.219 e. The molecule has 0 amide bonds. The molecule has 1 aliphatic carbocycles. The number of allylic oxidation sites excluding steroid dienone is 1. The minimum atomic E-state index is -1.34. The molecule has 26 heavy (non-hydrogen) atoms. The number of carbonyl (C=O) groups is 2. The number of ketones is 2. The SMILES string of the molecule is CC(C)(C)C1=CC(=O)C2C(c3ccc(Cl)cc3)=NOC2(C(C)(C)C)C1=O. The fourth-order valence-electron chi connectivity index (χ4n) is 3.73. The van der Waals surface area contributed by atoms with Crippen molar-refractivity contribution in [3.63, 3.8) is 0 Å². The second-order valence-electron chi connectivity index (χ2n) is 9.03. The van der Waals surface area contributed by atoms with Crippen LogP contribution >= 0.6 is 11.6 Å². The van der Waals surface area contributed by atoms with E-state index in [4.69, 9.17) is 16.4 Å². The number of oxime groups is 1. The first-order chi connectivity index (χ1) is 11.9. The largest absolute Gasteiger partial charge is 0.379 e. The number of nitrogens with zero attached hydrogens (tertiary/aromatic N) is 1. The lowest BCUT2D eigenvalue weighted by Crippen LogP contribution is -2.61. The highest BCUT2D eigenvalue weighted by Crippen LogP contribution is 2.51. The first-order valence-corrected chi connectivity index (χ1v) is 9.10. The molecule has 138 valence electrons. The second kappa shape index (κ2) is 5.78. The van der Waals surface area contributed by atoms with Crippen molar-refractivity contribution >= 4 is 28.9 Å². The number of rotatable bonds is 1. The molecule has 0 saturated carbocycles. The molecule has 0 aromatic heterocycles. The second-order valence-corrected chi connectivity index (χ2v) is 9.47. The molecule has 2 unspecified atom stereocenters. The highest BCUT2D eigenvalue weighted by atomic mass is 35.5. The summed E-state index contributed by atoms with van der Waals surface area (Å²) in [5.41, 5.74) is -0.703. The van der Waals surface area contributed by atoms with Crippen molar-refractivity contribution < 1.29 is 14.4 Å². The highest BCUT2D eigenvalue weighted by molar-refractivity contribution is 6.31. The van der Waals surface area contributed by atoms with E-state index in [1.54, 1.807) is 24.3 Å². The van der Waals surface area contributed by atoms with Crippen LogP contribution in [0.1, 0.15) is 47.1 Å². The van der Waals surface area contributed by atoms with Crippen molar-refractivity contribution in [3.8, 4) is 0 Å². The summed E-state index contributed by atoms with van der Waals surface area (Å²) < 4.78 is 0. The summed E-state index contributed by atoms with van der Waals surface area (Å²) >= 11 is 5.98. The van der Waals surface area contributed by atoms with Crippen molar-refractivity contribution in [3.05, 3.63) is 46.5 Å². The third kappa shape index (κ3) is 2.62. The molecule has 0 radical (unpaired) electrons. The van der Waals surface area contributed by atoms with Gasteiger partial charge in [-0.2, -0.15) is 0 Å². The lowest BCUT2D eigenvalue weighted by Gasteiger charge is -2.45. The van der Waals surface area contributed by atoms with E-state index >= 15 is 0 Å². The first-order valence-electron chi connectivity index (χ1n) is 8.72. The Morgan fingerprint density at radius 2 is 1.62 bits per heavy atom. The Bertz CT molecular complexity index is 837. The van der Waals surface area contributed by atoms with Crippen molar-refractivity contribution in [1.82, 2.24) is 0 Å². The third-order valence-corrected chi connectivity index (χ3v) is 5.44. The van der Waals surface area contributed by atoms with E-state index in [2.05, 4.69) is 5.16 Å².